The molecular weight excluding hydrogens is 482 g/mol. The van der Waals surface area contributed by atoms with Crippen LogP contribution in [-0.4, -0.2) is 52.1 Å². The number of rotatable bonds is 14. The number of phenols is 1. The van der Waals surface area contributed by atoms with Crippen LogP contribution in [0.5, 0.6) is 5.75 Å². The van der Waals surface area contributed by atoms with Gasteiger partial charge in [-0.3, -0.25) is 9.59 Å². The van der Waals surface area contributed by atoms with Gasteiger partial charge in [-0.1, -0.05) is 59.6 Å². The standard InChI is InChI=1S/C30H51N3O5/c1-10-11-12-18-31-27(35)26(23-14-13-15-24(34)19-23)33(22(6)17-16-20(2)3)28(36)25(21(4)5)32-29(37)38-30(7,8)9/h13-15,19-22,25-26,34H,10-12,16-18H2,1-9H3,(H,31,35)(H,32,37). The number of aromatic hydroxyl groups is 1. The molecule has 0 aliphatic rings. The van der Waals surface area contributed by atoms with Crippen LogP contribution in [-0.2, 0) is 14.3 Å². The molecule has 0 fully saturated rings. The van der Waals surface area contributed by atoms with Gasteiger partial charge in [0.2, 0.25) is 11.8 Å². The first-order valence-electron chi connectivity index (χ1n) is 14.1. The number of nitrogens with one attached hydrogen (secondary N) is 2. The van der Waals surface area contributed by atoms with E-state index in [-0.39, 0.29) is 29.5 Å². The summed E-state index contributed by atoms with van der Waals surface area (Å²) < 4.78 is 5.44. The van der Waals surface area contributed by atoms with Crippen LogP contribution in [0.15, 0.2) is 24.3 Å². The van der Waals surface area contributed by atoms with Gasteiger partial charge >= 0.3 is 6.09 Å². The lowest BCUT2D eigenvalue weighted by Crippen LogP contribution is -2.57. The molecule has 216 valence electrons. The predicted octanol–water partition coefficient (Wildman–Crippen LogP) is 5.94. The zero-order chi connectivity index (χ0) is 29.0. The number of phenolic OH excluding ortho intramolecular Hbond substituents is 1. The quantitative estimate of drug-likeness (QED) is 0.256. The number of hydrogen-bond acceptors (Lipinski definition) is 5. The van der Waals surface area contributed by atoms with Crippen molar-refractivity contribution in [1.82, 2.24) is 15.5 Å². The first-order chi connectivity index (χ1) is 17.7. The lowest BCUT2D eigenvalue weighted by Gasteiger charge is -2.39. The molecule has 1 aromatic carbocycles. The highest BCUT2D eigenvalue weighted by atomic mass is 16.6. The van der Waals surface area contributed by atoms with Crippen LogP contribution in [0.2, 0.25) is 0 Å². The topological polar surface area (TPSA) is 108 Å². The minimum atomic E-state index is -0.972. The highest BCUT2D eigenvalue weighted by molar-refractivity contribution is 5.92. The Bertz CT molecular complexity index is 894. The Balaban J connectivity index is 3.53. The van der Waals surface area contributed by atoms with E-state index in [1.807, 2.05) is 20.8 Å². The third kappa shape index (κ3) is 11.3. The summed E-state index contributed by atoms with van der Waals surface area (Å²) in [6.07, 6.45) is 3.70. The second kappa shape index (κ2) is 15.6. The third-order valence-corrected chi connectivity index (χ3v) is 6.29. The maximum absolute atomic E-state index is 14.3. The van der Waals surface area contributed by atoms with E-state index in [1.165, 1.54) is 12.1 Å². The molecule has 0 aromatic heterocycles. The molecule has 0 aliphatic carbocycles. The SMILES string of the molecule is CCCCCNC(=O)C(c1cccc(O)c1)N(C(=O)C(NC(=O)OC(C)(C)C)C(C)C)C(C)CCC(C)C. The van der Waals surface area contributed by atoms with E-state index in [2.05, 4.69) is 31.4 Å². The van der Waals surface area contributed by atoms with Gasteiger partial charge in [-0.15, -0.1) is 0 Å². The first-order valence-corrected chi connectivity index (χ1v) is 14.1. The molecule has 0 heterocycles. The number of carbonyl (C=O) groups excluding carboxylic acids is 3. The van der Waals surface area contributed by atoms with Gasteiger partial charge in [-0.2, -0.15) is 0 Å². The largest absolute Gasteiger partial charge is 0.508 e. The Morgan fingerprint density at radius 3 is 2.21 bits per heavy atom. The summed E-state index contributed by atoms with van der Waals surface area (Å²) in [6, 6.07) is 4.30. The van der Waals surface area contributed by atoms with Crippen molar-refractivity contribution in [3.8, 4) is 5.75 Å². The zero-order valence-corrected chi connectivity index (χ0v) is 25.0. The molecule has 0 bridgehead atoms. The van der Waals surface area contributed by atoms with E-state index in [0.29, 0.717) is 24.4 Å². The van der Waals surface area contributed by atoms with E-state index in [4.69, 9.17) is 4.74 Å². The fourth-order valence-electron chi connectivity index (χ4n) is 4.24. The normalized spacial score (nSPS) is 14.1. The van der Waals surface area contributed by atoms with Crippen molar-refractivity contribution in [3.63, 3.8) is 0 Å². The highest BCUT2D eigenvalue weighted by Crippen LogP contribution is 2.30. The Hall–Kier alpha value is -2.77. The molecule has 3 N–H and O–H groups in total. The highest BCUT2D eigenvalue weighted by Gasteiger charge is 2.39. The number of benzene rings is 1. The van der Waals surface area contributed by atoms with Crippen LogP contribution in [0.3, 0.4) is 0 Å². The number of alkyl carbamates (subject to hydrolysis) is 1. The molecule has 3 amide bonds. The lowest BCUT2D eigenvalue weighted by molar-refractivity contribution is -0.146. The number of ether oxygens (including phenoxy) is 1. The zero-order valence-electron chi connectivity index (χ0n) is 25.0. The fourth-order valence-corrected chi connectivity index (χ4v) is 4.24. The molecule has 8 heteroatoms. The first kappa shape index (κ1) is 33.3. The Morgan fingerprint density at radius 1 is 1.03 bits per heavy atom. The van der Waals surface area contributed by atoms with E-state index in [0.717, 1.165) is 25.7 Å². The predicted molar refractivity (Wildman–Crippen MR) is 152 cm³/mol. The summed E-state index contributed by atoms with van der Waals surface area (Å²) in [5, 5.41) is 16.0. The maximum Gasteiger partial charge on any atom is 0.408 e. The summed E-state index contributed by atoms with van der Waals surface area (Å²) in [5.41, 5.74) is -0.205. The van der Waals surface area contributed by atoms with Crippen molar-refractivity contribution in [3.05, 3.63) is 29.8 Å². The van der Waals surface area contributed by atoms with Crippen LogP contribution in [0.25, 0.3) is 0 Å². The minimum absolute atomic E-state index is 0.0146. The van der Waals surface area contributed by atoms with Crippen molar-refractivity contribution < 1.29 is 24.2 Å². The van der Waals surface area contributed by atoms with Crippen LogP contribution < -0.4 is 10.6 Å². The van der Waals surface area contributed by atoms with Gasteiger partial charge in [-0.05, 0) is 76.5 Å². The molecule has 0 saturated carbocycles. The monoisotopic (exact) mass is 533 g/mol. The van der Waals surface area contributed by atoms with Gasteiger partial charge in [0.1, 0.15) is 23.4 Å². The number of carbonyl (C=O) groups is 3. The van der Waals surface area contributed by atoms with Gasteiger partial charge in [0, 0.05) is 12.6 Å². The Kier molecular flexibility index (Phi) is 13.6. The molecule has 0 radical (unpaired) electrons. The van der Waals surface area contributed by atoms with E-state index >= 15 is 0 Å². The summed E-state index contributed by atoms with van der Waals surface area (Å²) in [5.74, 6) is -0.499. The number of unbranched alkanes of at least 4 members (excludes halogenated alkanes) is 2. The summed E-state index contributed by atoms with van der Waals surface area (Å²) in [6.45, 7) is 17.8. The van der Waals surface area contributed by atoms with Gasteiger partial charge in [0.25, 0.3) is 0 Å². The molecule has 0 saturated heterocycles. The average Bonchev–Trinajstić information content (AvgIpc) is 2.80. The second-order valence-corrected chi connectivity index (χ2v) is 11.9. The molecule has 8 nitrogen and oxygen atoms in total. The molecule has 0 spiro atoms. The lowest BCUT2D eigenvalue weighted by atomic mass is 9.95. The minimum Gasteiger partial charge on any atom is -0.508 e. The van der Waals surface area contributed by atoms with Crippen LogP contribution in [0, 0.1) is 11.8 Å². The smallest absolute Gasteiger partial charge is 0.408 e. The molecule has 1 aromatic rings. The van der Waals surface area contributed by atoms with Gasteiger partial charge in [0.05, 0.1) is 0 Å². The summed E-state index contributed by atoms with van der Waals surface area (Å²) >= 11 is 0. The maximum atomic E-state index is 14.3. The summed E-state index contributed by atoms with van der Waals surface area (Å²) in [4.78, 5) is 42.3. The molecule has 3 atom stereocenters. The van der Waals surface area contributed by atoms with Crippen molar-refractivity contribution in [2.75, 3.05) is 6.54 Å². The van der Waals surface area contributed by atoms with Crippen LogP contribution in [0.4, 0.5) is 4.79 Å². The van der Waals surface area contributed by atoms with Crippen molar-refractivity contribution in [2.45, 2.75) is 118 Å². The van der Waals surface area contributed by atoms with Gasteiger partial charge in [0.15, 0.2) is 0 Å². The van der Waals surface area contributed by atoms with E-state index in [9.17, 15) is 19.5 Å². The number of nitrogens with zero attached hydrogens (tertiary/aromatic N) is 1. The van der Waals surface area contributed by atoms with Crippen LogP contribution in [0.1, 0.15) is 106 Å². The molecular formula is C30H51N3O5. The van der Waals surface area contributed by atoms with E-state index in [1.54, 1.807) is 37.8 Å². The Labute approximate surface area is 229 Å². The third-order valence-electron chi connectivity index (χ3n) is 6.29. The number of amides is 3. The second-order valence-electron chi connectivity index (χ2n) is 11.9. The summed E-state index contributed by atoms with van der Waals surface area (Å²) in [7, 11) is 0. The fraction of sp³-hybridized carbons (Fsp3) is 0.700. The Morgan fingerprint density at radius 2 is 1.68 bits per heavy atom. The van der Waals surface area contributed by atoms with Gasteiger partial charge < -0.3 is 25.4 Å². The van der Waals surface area contributed by atoms with Crippen molar-refractivity contribution in [2.24, 2.45) is 11.8 Å². The average molecular weight is 534 g/mol. The van der Waals surface area contributed by atoms with Crippen molar-refractivity contribution >= 4 is 17.9 Å². The molecule has 38 heavy (non-hydrogen) atoms. The van der Waals surface area contributed by atoms with Crippen LogP contribution >= 0.6 is 0 Å². The number of hydrogen-bond donors (Lipinski definition) is 3. The molecule has 3 unspecified atom stereocenters. The van der Waals surface area contributed by atoms with Crippen molar-refractivity contribution in [1.29, 1.82) is 0 Å². The van der Waals surface area contributed by atoms with Gasteiger partial charge in [-0.25, -0.2) is 4.79 Å². The van der Waals surface area contributed by atoms with E-state index < -0.39 is 23.8 Å². The molecule has 0 aliphatic heterocycles. The molecule has 1 rings (SSSR count).